The van der Waals surface area contributed by atoms with Gasteiger partial charge >= 0.3 is 0 Å². The van der Waals surface area contributed by atoms with Gasteiger partial charge in [0, 0.05) is 5.02 Å². The molecule has 0 bridgehead atoms. The normalized spacial score (nSPS) is 16.6. The Morgan fingerprint density at radius 2 is 1.64 bits per heavy atom. The Kier molecular flexibility index (Phi) is 3.92. The van der Waals surface area contributed by atoms with E-state index >= 15 is 0 Å². The van der Waals surface area contributed by atoms with Crippen LogP contribution in [0.4, 0.5) is 10.5 Å². The van der Waals surface area contributed by atoms with Crippen molar-refractivity contribution in [3.05, 3.63) is 64.0 Å². The van der Waals surface area contributed by atoms with Crippen molar-refractivity contribution in [1.29, 1.82) is 0 Å². The minimum atomic E-state index is -0.370. The van der Waals surface area contributed by atoms with Crippen molar-refractivity contribution >= 4 is 46.3 Å². The van der Waals surface area contributed by atoms with Crippen molar-refractivity contribution in [3.63, 3.8) is 0 Å². The van der Waals surface area contributed by atoms with E-state index < -0.39 is 0 Å². The molecule has 22 heavy (non-hydrogen) atoms. The minimum absolute atomic E-state index is 0.145. The van der Waals surface area contributed by atoms with Crippen LogP contribution in [0.25, 0.3) is 6.08 Å². The number of thioether (sulfide) groups is 1. The lowest BCUT2D eigenvalue weighted by molar-refractivity contribution is -0.113. The van der Waals surface area contributed by atoms with Gasteiger partial charge in [0.25, 0.3) is 11.1 Å². The number of nitrogens with zero attached hydrogens (tertiary/aromatic N) is 1. The van der Waals surface area contributed by atoms with Gasteiger partial charge in [0.2, 0.25) is 0 Å². The largest absolute Gasteiger partial charge is 0.508 e. The topological polar surface area (TPSA) is 57.6 Å². The summed E-state index contributed by atoms with van der Waals surface area (Å²) in [6.45, 7) is 0. The van der Waals surface area contributed by atoms with Gasteiger partial charge in [-0.2, -0.15) is 0 Å². The molecular formula is C16H10ClNO3S. The maximum Gasteiger partial charge on any atom is 0.298 e. The number of carbonyl (C=O) groups excluding carboxylic acids is 2. The molecule has 2 amide bonds. The van der Waals surface area contributed by atoms with Crippen molar-refractivity contribution < 1.29 is 14.7 Å². The second-order valence-electron chi connectivity index (χ2n) is 4.59. The number of hydrogen-bond donors (Lipinski definition) is 1. The number of rotatable bonds is 2. The number of aromatic hydroxyl groups is 1. The first-order chi connectivity index (χ1) is 10.5. The van der Waals surface area contributed by atoms with Gasteiger partial charge in [0.1, 0.15) is 5.75 Å². The Labute approximate surface area is 136 Å². The van der Waals surface area contributed by atoms with Crippen molar-refractivity contribution in [3.8, 4) is 5.75 Å². The molecule has 1 aliphatic rings. The highest BCUT2D eigenvalue weighted by Gasteiger charge is 2.36. The van der Waals surface area contributed by atoms with E-state index in [0.29, 0.717) is 15.6 Å². The van der Waals surface area contributed by atoms with Crippen molar-refractivity contribution in [2.24, 2.45) is 0 Å². The van der Waals surface area contributed by atoms with Crippen molar-refractivity contribution in [2.45, 2.75) is 0 Å². The van der Waals surface area contributed by atoms with Crippen LogP contribution in [0, 0.1) is 0 Å². The average molecular weight is 332 g/mol. The van der Waals surface area contributed by atoms with E-state index in [1.54, 1.807) is 42.5 Å². The summed E-state index contributed by atoms with van der Waals surface area (Å²) in [5.41, 5.74) is 1.22. The van der Waals surface area contributed by atoms with Gasteiger partial charge in [-0.15, -0.1) is 0 Å². The van der Waals surface area contributed by atoms with Crippen LogP contribution >= 0.6 is 23.4 Å². The van der Waals surface area contributed by atoms with E-state index in [1.807, 2.05) is 0 Å². The third-order valence-corrected chi connectivity index (χ3v) is 4.19. The molecule has 1 fully saturated rings. The monoisotopic (exact) mass is 331 g/mol. The quantitative estimate of drug-likeness (QED) is 0.834. The molecule has 2 aromatic rings. The predicted molar refractivity (Wildman–Crippen MR) is 88.0 cm³/mol. The van der Waals surface area contributed by atoms with E-state index in [4.69, 9.17) is 11.6 Å². The summed E-state index contributed by atoms with van der Waals surface area (Å²) in [4.78, 5) is 25.9. The van der Waals surface area contributed by atoms with E-state index in [-0.39, 0.29) is 16.9 Å². The fraction of sp³-hybridized carbons (Fsp3) is 0. The summed E-state index contributed by atoms with van der Waals surface area (Å²) in [5, 5.41) is 9.45. The molecule has 4 nitrogen and oxygen atoms in total. The Hall–Kier alpha value is -2.24. The summed E-state index contributed by atoms with van der Waals surface area (Å²) >= 11 is 6.70. The van der Waals surface area contributed by atoms with Gasteiger partial charge in [-0.25, -0.2) is 4.90 Å². The highest BCUT2D eigenvalue weighted by Crippen LogP contribution is 2.36. The molecule has 1 heterocycles. The first kappa shape index (κ1) is 14.7. The van der Waals surface area contributed by atoms with E-state index in [1.165, 1.54) is 12.1 Å². The Morgan fingerprint density at radius 3 is 2.27 bits per heavy atom. The third-order valence-electron chi connectivity index (χ3n) is 3.07. The number of halogens is 1. The molecule has 1 saturated heterocycles. The summed E-state index contributed by atoms with van der Waals surface area (Å²) in [6, 6.07) is 12.9. The van der Waals surface area contributed by atoms with Gasteiger partial charge in [0.15, 0.2) is 0 Å². The molecule has 0 saturated carbocycles. The predicted octanol–water partition coefficient (Wildman–Crippen LogP) is 4.29. The van der Waals surface area contributed by atoms with Crippen LogP contribution in [0.2, 0.25) is 5.02 Å². The lowest BCUT2D eigenvalue weighted by Crippen LogP contribution is -2.27. The van der Waals surface area contributed by atoms with E-state index in [9.17, 15) is 14.7 Å². The molecule has 0 unspecified atom stereocenters. The Balaban J connectivity index is 1.91. The first-order valence-electron chi connectivity index (χ1n) is 6.37. The smallest absolute Gasteiger partial charge is 0.298 e. The number of phenolic OH excluding ortho intramolecular Hbond substituents is 1. The molecule has 110 valence electrons. The number of carbonyl (C=O) groups is 2. The second kappa shape index (κ2) is 5.87. The number of hydrogen-bond acceptors (Lipinski definition) is 4. The molecular weight excluding hydrogens is 322 g/mol. The molecule has 2 aromatic carbocycles. The van der Waals surface area contributed by atoms with Crippen molar-refractivity contribution in [2.75, 3.05) is 4.90 Å². The van der Waals surface area contributed by atoms with Gasteiger partial charge in [-0.3, -0.25) is 9.59 Å². The maximum atomic E-state index is 12.4. The summed E-state index contributed by atoms with van der Waals surface area (Å²) in [6.07, 6.45) is 1.63. The summed E-state index contributed by atoms with van der Waals surface area (Å²) < 4.78 is 0. The lowest BCUT2D eigenvalue weighted by atomic mass is 10.2. The molecule has 0 radical (unpaired) electrons. The maximum absolute atomic E-state index is 12.4. The SMILES string of the molecule is O=C1S/C(=C/c2ccc(O)cc2)C(=O)N1c1ccc(Cl)cc1. The average Bonchev–Trinajstić information content (AvgIpc) is 2.77. The van der Waals surface area contributed by atoms with Crippen LogP contribution in [0.15, 0.2) is 53.4 Å². The third kappa shape index (κ3) is 2.86. The summed E-state index contributed by atoms with van der Waals surface area (Å²) in [5.74, 6) is -0.225. The van der Waals surface area contributed by atoms with Crippen LogP contribution in [0.5, 0.6) is 5.75 Å². The molecule has 0 spiro atoms. The first-order valence-corrected chi connectivity index (χ1v) is 7.56. The fourth-order valence-corrected chi connectivity index (χ4v) is 2.97. The molecule has 6 heteroatoms. The van der Waals surface area contributed by atoms with Gasteiger partial charge in [0.05, 0.1) is 10.6 Å². The molecule has 0 aliphatic carbocycles. The molecule has 0 atom stereocenters. The number of benzene rings is 2. The van der Waals surface area contributed by atoms with Crippen LogP contribution in [0.1, 0.15) is 5.56 Å². The van der Waals surface area contributed by atoms with Crippen LogP contribution in [-0.4, -0.2) is 16.3 Å². The number of amides is 2. The highest BCUT2D eigenvalue weighted by molar-refractivity contribution is 8.19. The standard InChI is InChI=1S/C16H10ClNO3S/c17-11-3-5-12(6-4-11)18-15(20)14(22-16(18)21)9-10-1-7-13(19)8-2-10/h1-9,19H/b14-9+. The number of phenols is 1. The van der Waals surface area contributed by atoms with Gasteiger partial charge in [-0.1, -0.05) is 23.7 Å². The minimum Gasteiger partial charge on any atom is -0.508 e. The second-order valence-corrected chi connectivity index (χ2v) is 6.01. The van der Waals surface area contributed by atoms with Crippen LogP contribution in [0.3, 0.4) is 0 Å². The Morgan fingerprint density at radius 1 is 1.00 bits per heavy atom. The van der Waals surface area contributed by atoms with Crippen molar-refractivity contribution in [1.82, 2.24) is 0 Å². The molecule has 1 aliphatic heterocycles. The highest BCUT2D eigenvalue weighted by atomic mass is 35.5. The van der Waals surface area contributed by atoms with Crippen LogP contribution < -0.4 is 4.90 Å². The fourth-order valence-electron chi connectivity index (χ4n) is 2.00. The van der Waals surface area contributed by atoms with Gasteiger partial charge in [-0.05, 0) is 59.8 Å². The lowest BCUT2D eigenvalue weighted by Gasteiger charge is -2.12. The van der Waals surface area contributed by atoms with Gasteiger partial charge < -0.3 is 5.11 Å². The number of imide groups is 1. The molecule has 3 rings (SSSR count). The summed E-state index contributed by atoms with van der Waals surface area (Å²) in [7, 11) is 0. The zero-order chi connectivity index (χ0) is 15.7. The molecule has 0 aromatic heterocycles. The van der Waals surface area contributed by atoms with E-state index in [2.05, 4.69) is 0 Å². The zero-order valence-corrected chi connectivity index (χ0v) is 12.8. The van der Waals surface area contributed by atoms with E-state index in [0.717, 1.165) is 22.2 Å². The Bertz CT molecular complexity index is 769. The van der Waals surface area contributed by atoms with Crippen LogP contribution in [-0.2, 0) is 4.79 Å². The number of anilines is 1. The molecule has 1 N–H and O–H groups in total. The zero-order valence-electron chi connectivity index (χ0n) is 11.2.